The molecule has 134 valence electrons. The van der Waals surface area contributed by atoms with Gasteiger partial charge in [-0.3, -0.25) is 0 Å². The van der Waals surface area contributed by atoms with Crippen molar-refractivity contribution in [1.29, 1.82) is 0 Å². The lowest BCUT2D eigenvalue weighted by Crippen LogP contribution is -2.36. The second-order valence-electron chi connectivity index (χ2n) is 6.71. The smallest absolute Gasteiger partial charge is 0.250 e. The molecule has 2 aromatic carbocycles. The molecular weight excluding hydrogens is 326 g/mol. The summed E-state index contributed by atoms with van der Waals surface area (Å²) in [5, 5.41) is 12.3. The normalized spacial score (nSPS) is 15.2. The Morgan fingerprint density at radius 1 is 1.04 bits per heavy atom. The first-order valence-electron chi connectivity index (χ1n) is 9.05. The van der Waals surface area contributed by atoms with E-state index in [1.807, 2.05) is 41.1 Å². The molecule has 6 nitrogen and oxygen atoms in total. The van der Waals surface area contributed by atoms with Crippen LogP contribution in [0.3, 0.4) is 0 Å². The van der Waals surface area contributed by atoms with Gasteiger partial charge in [0.25, 0.3) is 0 Å². The highest BCUT2D eigenvalue weighted by molar-refractivity contribution is 5.40. The van der Waals surface area contributed by atoms with E-state index in [1.165, 1.54) is 5.56 Å². The van der Waals surface area contributed by atoms with Crippen molar-refractivity contribution in [1.82, 2.24) is 20.2 Å². The van der Waals surface area contributed by atoms with Gasteiger partial charge in [0.15, 0.2) is 0 Å². The molecule has 1 fully saturated rings. The van der Waals surface area contributed by atoms with Gasteiger partial charge in [0.2, 0.25) is 5.95 Å². The number of tetrazole rings is 1. The lowest BCUT2D eigenvalue weighted by molar-refractivity contribution is 0.395. The molecular formula is C20H23N5O. The standard InChI is InChI=1S/C20H23N5O/c1-26-19-9-5-6-17(15-19)14-16-10-12-24(13-11-16)20-21-22-23-25(20)18-7-3-2-4-8-18/h2-9,15-16H,10-14H2,1H3. The summed E-state index contributed by atoms with van der Waals surface area (Å²) < 4.78 is 7.15. The van der Waals surface area contributed by atoms with E-state index in [0.717, 1.165) is 49.7 Å². The summed E-state index contributed by atoms with van der Waals surface area (Å²) in [5.74, 6) is 2.44. The van der Waals surface area contributed by atoms with Crippen LogP contribution in [-0.2, 0) is 6.42 Å². The zero-order valence-corrected chi connectivity index (χ0v) is 15.0. The van der Waals surface area contributed by atoms with Crippen molar-refractivity contribution >= 4 is 5.95 Å². The van der Waals surface area contributed by atoms with E-state index in [4.69, 9.17) is 4.74 Å². The number of hydrogen-bond acceptors (Lipinski definition) is 5. The minimum Gasteiger partial charge on any atom is -0.497 e. The lowest BCUT2D eigenvalue weighted by atomic mass is 9.90. The quantitative estimate of drug-likeness (QED) is 0.708. The zero-order chi connectivity index (χ0) is 17.8. The number of benzene rings is 2. The summed E-state index contributed by atoms with van der Waals surface area (Å²) in [6, 6.07) is 18.4. The first-order valence-corrected chi connectivity index (χ1v) is 9.05. The van der Waals surface area contributed by atoms with E-state index in [2.05, 4.69) is 38.6 Å². The third-order valence-electron chi connectivity index (χ3n) is 5.01. The fourth-order valence-corrected chi connectivity index (χ4v) is 3.59. The van der Waals surface area contributed by atoms with Crippen LogP contribution in [0, 0.1) is 5.92 Å². The Balaban J connectivity index is 1.41. The number of rotatable bonds is 5. The van der Waals surface area contributed by atoms with Gasteiger partial charge in [-0.1, -0.05) is 35.4 Å². The number of hydrogen-bond donors (Lipinski definition) is 0. The second kappa shape index (κ2) is 7.56. The molecule has 0 radical (unpaired) electrons. The maximum atomic E-state index is 5.33. The molecule has 0 atom stereocenters. The van der Waals surface area contributed by atoms with Crippen LogP contribution in [0.1, 0.15) is 18.4 Å². The molecule has 4 rings (SSSR count). The van der Waals surface area contributed by atoms with Crippen LogP contribution in [0.4, 0.5) is 5.95 Å². The van der Waals surface area contributed by atoms with Gasteiger partial charge in [0.1, 0.15) is 5.75 Å². The molecule has 0 aliphatic carbocycles. The fraction of sp³-hybridized carbons (Fsp3) is 0.350. The van der Waals surface area contributed by atoms with Crippen LogP contribution in [-0.4, -0.2) is 40.4 Å². The first kappa shape index (κ1) is 16.6. The highest BCUT2D eigenvalue weighted by atomic mass is 16.5. The third-order valence-corrected chi connectivity index (χ3v) is 5.01. The number of nitrogens with zero attached hydrogens (tertiary/aromatic N) is 5. The Labute approximate surface area is 153 Å². The van der Waals surface area contributed by atoms with Crippen molar-refractivity contribution in [3.05, 3.63) is 60.2 Å². The van der Waals surface area contributed by atoms with E-state index in [-0.39, 0.29) is 0 Å². The van der Waals surface area contributed by atoms with Gasteiger partial charge < -0.3 is 9.64 Å². The maximum Gasteiger partial charge on any atom is 0.250 e. The minimum atomic E-state index is 0.680. The van der Waals surface area contributed by atoms with Gasteiger partial charge in [-0.15, -0.1) is 0 Å². The third kappa shape index (κ3) is 3.54. The lowest BCUT2D eigenvalue weighted by Gasteiger charge is -2.32. The van der Waals surface area contributed by atoms with Crippen LogP contribution in [0.5, 0.6) is 5.75 Å². The van der Waals surface area contributed by atoms with Crippen LogP contribution < -0.4 is 9.64 Å². The summed E-state index contributed by atoms with van der Waals surface area (Å²) >= 11 is 0. The van der Waals surface area contributed by atoms with Crippen molar-refractivity contribution in [3.63, 3.8) is 0 Å². The van der Waals surface area contributed by atoms with E-state index in [0.29, 0.717) is 5.92 Å². The van der Waals surface area contributed by atoms with Crippen LogP contribution in [0.15, 0.2) is 54.6 Å². The number of anilines is 1. The molecule has 0 bridgehead atoms. The molecule has 1 aliphatic rings. The number of para-hydroxylation sites is 1. The van der Waals surface area contributed by atoms with Gasteiger partial charge in [0.05, 0.1) is 12.8 Å². The fourth-order valence-electron chi connectivity index (χ4n) is 3.59. The maximum absolute atomic E-state index is 5.33. The SMILES string of the molecule is COc1cccc(CC2CCN(c3nnnn3-c3ccccc3)CC2)c1. The Bertz CT molecular complexity index is 840. The highest BCUT2D eigenvalue weighted by Crippen LogP contribution is 2.26. The molecule has 26 heavy (non-hydrogen) atoms. The number of aromatic nitrogens is 4. The summed E-state index contributed by atoms with van der Waals surface area (Å²) in [4.78, 5) is 2.29. The van der Waals surface area contributed by atoms with Gasteiger partial charge in [0, 0.05) is 13.1 Å². The Hall–Kier alpha value is -2.89. The average Bonchev–Trinajstić information content (AvgIpc) is 3.19. The molecule has 0 saturated carbocycles. The average molecular weight is 349 g/mol. The van der Waals surface area contributed by atoms with Crippen LogP contribution in [0.25, 0.3) is 5.69 Å². The summed E-state index contributed by atoms with van der Waals surface area (Å²) in [5.41, 5.74) is 2.34. The highest BCUT2D eigenvalue weighted by Gasteiger charge is 2.23. The molecule has 3 aromatic rings. The Morgan fingerprint density at radius 2 is 1.85 bits per heavy atom. The molecule has 0 amide bonds. The second-order valence-corrected chi connectivity index (χ2v) is 6.71. The van der Waals surface area contributed by atoms with E-state index < -0.39 is 0 Å². The van der Waals surface area contributed by atoms with Crippen molar-refractivity contribution in [2.24, 2.45) is 5.92 Å². The van der Waals surface area contributed by atoms with Gasteiger partial charge in [-0.25, -0.2) is 0 Å². The van der Waals surface area contributed by atoms with E-state index in [9.17, 15) is 0 Å². The van der Waals surface area contributed by atoms with E-state index >= 15 is 0 Å². The number of methoxy groups -OCH3 is 1. The van der Waals surface area contributed by atoms with Crippen molar-refractivity contribution < 1.29 is 4.74 Å². The molecule has 1 aromatic heterocycles. The van der Waals surface area contributed by atoms with Crippen LogP contribution >= 0.6 is 0 Å². The predicted molar refractivity (Wildman–Crippen MR) is 101 cm³/mol. The van der Waals surface area contributed by atoms with Gasteiger partial charge in [-0.2, -0.15) is 4.68 Å². The summed E-state index contributed by atoms with van der Waals surface area (Å²) in [7, 11) is 1.72. The predicted octanol–water partition coefficient (Wildman–Crippen LogP) is 3.13. The van der Waals surface area contributed by atoms with Crippen LogP contribution in [0.2, 0.25) is 0 Å². The molecule has 0 spiro atoms. The van der Waals surface area contributed by atoms with E-state index in [1.54, 1.807) is 7.11 Å². The van der Waals surface area contributed by atoms with Crippen molar-refractivity contribution in [2.75, 3.05) is 25.1 Å². The Kier molecular flexibility index (Phi) is 4.82. The summed E-state index contributed by atoms with van der Waals surface area (Å²) in [6.07, 6.45) is 3.37. The topological polar surface area (TPSA) is 56.1 Å². The largest absolute Gasteiger partial charge is 0.497 e. The monoisotopic (exact) mass is 349 g/mol. The van der Waals surface area contributed by atoms with Crippen molar-refractivity contribution in [3.8, 4) is 11.4 Å². The van der Waals surface area contributed by atoms with Gasteiger partial charge >= 0.3 is 0 Å². The summed E-state index contributed by atoms with van der Waals surface area (Å²) in [6.45, 7) is 1.95. The molecule has 0 N–H and O–H groups in total. The first-order chi connectivity index (χ1) is 12.8. The van der Waals surface area contributed by atoms with Crippen molar-refractivity contribution in [2.45, 2.75) is 19.3 Å². The molecule has 6 heteroatoms. The molecule has 0 unspecified atom stereocenters. The zero-order valence-electron chi connectivity index (χ0n) is 15.0. The van der Waals surface area contributed by atoms with Gasteiger partial charge in [-0.05, 0) is 65.4 Å². The number of ether oxygens (including phenoxy) is 1. The molecule has 1 aliphatic heterocycles. The Morgan fingerprint density at radius 3 is 2.62 bits per heavy atom. The minimum absolute atomic E-state index is 0.680. The number of piperidine rings is 1. The molecule has 1 saturated heterocycles. The molecule has 2 heterocycles.